The first-order valence-corrected chi connectivity index (χ1v) is 12.5. The molecular weight excluding hydrogens is 458 g/mol. The minimum absolute atomic E-state index is 0.106. The largest absolute Gasteiger partial charge is 0.497 e. The van der Waals surface area contributed by atoms with Crippen molar-refractivity contribution in [2.75, 3.05) is 52.8 Å². The number of amides is 2. The maximum Gasteiger partial charge on any atom is 0.257 e. The Morgan fingerprint density at radius 2 is 1.92 bits per heavy atom. The van der Waals surface area contributed by atoms with Crippen molar-refractivity contribution >= 4 is 17.5 Å². The SMILES string of the molecule is CCCN1C[C@H](C)[C@@H](OC)CN(C)C(=O)c2cc(NC(=O)c3cccc(OC)c3)ccc2OC[C@@H]1C. The first-order chi connectivity index (χ1) is 17.3. The summed E-state index contributed by atoms with van der Waals surface area (Å²) in [5.74, 6) is 0.846. The molecule has 2 amide bonds. The maximum atomic E-state index is 13.5. The van der Waals surface area contributed by atoms with E-state index in [1.165, 1.54) is 0 Å². The zero-order valence-electron chi connectivity index (χ0n) is 22.2. The number of ether oxygens (including phenoxy) is 3. The summed E-state index contributed by atoms with van der Waals surface area (Å²) in [6.07, 6.45) is 0.935. The number of nitrogens with one attached hydrogen (secondary N) is 1. The average Bonchev–Trinajstić information content (AvgIpc) is 2.89. The summed E-state index contributed by atoms with van der Waals surface area (Å²) in [7, 11) is 5.02. The smallest absolute Gasteiger partial charge is 0.257 e. The molecule has 3 atom stereocenters. The van der Waals surface area contributed by atoms with Crippen LogP contribution in [0.1, 0.15) is 47.9 Å². The van der Waals surface area contributed by atoms with Gasteiger partial charge in [-0.15, -0.1) is 0 Å². The van der Waals surface area contributed by atoms with E-state index in [1.807, 2.05) is 0 Å². The Balaban J connectivity index is 1.91. The first kappa shape index (κ1) is 27.5. The number of carbonyl (C=O) groups excluding carboxylic acids is 2. The number of fused-ring (bicyclic) bond motifs is 1. The van der Waals surface area contributed by atoms with Gasteiger partial charge in [0, 0.05) is 44.5 Å². The molecule has 0 aliphatic carbocycles. The van der Waals surface area contributed by atoms with Crippen molar-refractivity contribution in [3.8, 4) is 11.5 Å². The molecule has 1 heterocycles. The van der Waals surface area contributed by atoms with Gasteiger partial charge in [-0.3, -0.25) is 14.5 Å². The second-order valence-electron chi connectivity index (χ2n) is 9.49. The third-order valence-electron chi connectivity index (χ3n) is 6.67. The highest BCUT2D eigenvalue weighted by molar-refractivity contribution is 6.05. The molecule has 36 heavy (non-hydrogen) atoms. The molecule has 0 saturated heterocycles. The summed E-state index contributed by atoms with van der Waals surface area (Å²) in [5.41, 5.74) is 1.37. The Kier molecular flexibility index (Phi) is 9.73. The molecule has 0 spiro atoms. The molecule has 8 nitrogen and oxygen atoms in total. The first-order valence-electron chi connectivity index (χ1n) is 12.5. The van der Waals surface area contributed by atoms with Crippen LogP contribution in [-0.2, 0) is 4.74 Å². The van der Waals surface area contributed by atoms with Crippen LogP contribution in [0.5, 0.6) is 11.5 Å². The average molecular weight is 498 g/mol. The second kappa shape index (κ2) is 12.7. The van der Waals surface area contributed by atoms with Gasteiger partial charge in [-0.05, 0) is 62.2 Å². The summed E-state index contributed by atoms with van der Waals surface area (Å²) in [5, 5.41) is 2.89. The van der Waals surface area contributed by atoms with E-state index in [0.29, 0.717) is 41.5 Å². The van der Waals surface area contributed by atoms with Gasteiger partial charge in [0.15, 0.2) is 0 Å². The van der Waals surface area contributed by atoms with Crippen LogP contribution in [0.25, 0.3) is 0 Å². The zero-order valence-corrected chi connectivity index (χ0v) is 22.2. The fourth-order valence-corrected chi connectivity index (χ4v) is 4.50. The van der Waals surface area contributed by atoms with Crippen LogP contribution in [-0.4, -0.2) is 81.3 Å². The fourth-order valence-electron chi connectivity index (χ4n) is 4.50. The van der Waals surface area contributed by atoms with Crippen molar-refractivity contribution in [2.45, 2.75) is 39.3 Å². The molecule has 0 radical (unpaired) electrons. The summed E-state index contributed by atoms with van der Waals surface area (Å²) < 4.78 is 17.2. The van der Waals surface area contributed by atoms with Gasteiger partial charge in [0.1, 0.15) is 18.1 Å². The van der Waals surface area contributed by atoms with Crippen LogP contribution in [0.15, 0.2) is 42.5 Å². The highest BCUT2D eigenvalue weighted by Crippen LogP contribution is 2.27. The topological polar surface area (TPSA) is 80.3 Å². The van der Waals surface area contributed by atoms with E-state index in [2.05, 4.69) is 31.0 Å². The lowest BCUT2D eigenvalue weighted by Gasteiger charge is -2.35. The van der Waals surface area contributed by atoms with Crippen LogP contribution < -0.4 is 14.8 Å². The van der Waals surface area contributed by atoms with Crippen molar-refractivity contribution < 1.29 is 23.8 Å². The highest BCUT2D eigenvalue weighted by Gasteiger charge is 2.28. The van der Waals surface area contributed by atoms with Gasteiger partial charge < -0.3 is 24.4 Å². The highest BCUT2D eigenvalue weighted by atomic mass is 16.5. The minimum Gasteiger partial charge on any atom is -0.497 e. The van der Waals surface area contributed by atoms with Crippen molar-refractivity contribution in [3.63, 3.8) is 0 Å². The van der Waals surface area contributed by atoms with Crippen LogP contribution in [0.2, 0.25) is 0 Å². The van der Waals surface area contributed by atoms with Gasteiger partial charge in [-0.1, -0.05) is 19.9 Å². The molecule has 1 N–H and O–H groups in total. The Labute approximate surface area is 214 Å². The van der Waals surface area contributed by atoms with E-state index < -0.39 is 0 Å². The van der Waals surface area contributed by atoms with Crippen molar-refractivity contribution in [3.05, 3.63) is 53.6 Å². The number of hydrogen-bond donors (Lipinski definition) is 1. The normalized spacial score (nSPS) is 21.6. The molecule has 0 unspecified atom stereocenters. The third kappa shape index (κ3) is 6.77. The van der Waals surface area contributed by atoms with Gasteiger partial charge in [-0.2, -0.15) is 0 Å². The summed E-state index contributed by atoms with van der Waals surface area (Å²) >= 11 is 0. The Morgan fingerprint density at radius 3 is 2.61 bits per heavy atom. The summed E-state index contributed by atoms with van der Waals surface area (Å²) in [6, 6.07) is 12.3. The van der Waals surface area contributed by atoms with Crippen molar-refractivity contribution in [1.29, 1.82) is 0 Å². The van der Waals surface area contributed by atoms with Crippen molar-refractivity contribution in [2.24, 2.45) is 5.92 Å². The van der Waals surface area contributed by atoms with E-state index in [4.69, 9.17) is 14.2 Å². The number of benzene rings is 2. The van der Waals surface area contributed by atoms with E-state index in [1.54, 1.807) is 68.6 Å². The maximum absolute atomic E-state index is 13.5. The van der Waals surface area contributed by atoms with Gasteiger partial charge in [0.2, 0.25) is 0 Å². The number of nitrogens with zero attached hydrogens (tertiary/aromatic N) is 2. The number of carbonyl (C=O) groups is 2. The van der Waals surface area contributed by atoms with Crippen LogP contribution in [0.3, 0.4) is 0 Å². The van der Waals surface area contributed by atoms with Crippen molar-refractivity contribution in [1.82, 2.24) is 9.80 Å². The lowest BCUT2D eigenvalue weighted by Crippen LogP contribution is -2.46. The summed E-state index contributed by atoms with van der Waals surface area (Å²) in [6.45, 7) is 9.20. The van der Waals surface area contributed by atoms with Gasteiger partial charge >= 0.3 is 0 Å². The molecule has 3 rings (SSSR count). The van der Waals surface area contributed by atoms with E-state index in [-0.39, 0.29) is 29.9 Å². The van der Waals surface area contributed by atoms with E-state index in [0.717, 1.165) is 19.5 Å². The molecule has 0 bridgehead atoms. The Morgan fingerprint density at radius 1 is 1.14 bits per heavy atom. The monoisotopic (exact) mass is 497 g/mol. The molecule has 2 aromatic rings. The predicted octanol–water partition coefficient (Wildman–Crippen LogP) is 4.16. The lowest BCUT2D eigenvalue weighted by molar-refractivity contribution is 0.0108. The molecule has 1 aliphatic rings. The second-order valence-corrected chi connectivity index (χ2v) is 9.49. The van der Waals surface area contributed by atoms with Crippen LogP contribution in [0.4, 0.5) is 5.69 Å². The van der Waals surface area contributed by atoms with E-state index in [9.17, 15) is 9.59 Å². The molecular formula is C28H39N3O5. The number of rotatable bonds is 6. The number of methoxy groups -OCH3 is 2. The summed E-state index contributed by atoms with van der Waals surface area (Å²) in [4.78, 5) is 30.4. The van der Waals surface area contributed by atoms with Gasteiger partial charge in [0.25, 0.3) is 11.8 Å². The van der Waals surface area contributed by atoms with Crippen LogP contribution in [0, 0.1) is 5.92 Å². The standard InChI is InChI=1S/C28H39N3O5/c1-7-13-31-16-19(2)26(35-6)17-30(4)28(33)24-15-22(11-12-25(24)36-18-20(31)3)29-27(32)21-9-8-10-23(14-21)34-5/h8-12,14-15,19-20,26H,7,13,16-18H2,1-6H3,(H,29,32)/t19-,20-,26-/m0/s1. The number of likely N-dealkylation sites (N-methyl/N-ethyl adjacent to an activating group) is 1. The molecule has 0 fully saturated rings. The quantitative estimate of drug-likeness (QED) is 0.646. The molecule has 8 heteroatoms. The predicted molar refractivity (Wildman–Crippen MR) is 141 cm³/mol. The third-order valence-corrected chi connectivity index (χ3v) is 6.67. The number of hydrogen-bond acceptors (Lipinski definition) is 6. The zero-order chi connectivity index (χ0) is 26.2. The Bertz CT molecular complexity index is 1040. The van der Waals surface area contributed by atoms with E-state index >= 15 is 0 Å². The Hall–Kier alpha value is -3.10. The number of anilines is 1. The lowest BCUT2D eigenvalue weighted by atomic mass is 10.0. The van der Waals surface area contributed by atoms with Crippen LogP contribution >= 0.6 is 0 Å². The molecule has 0 aromatic heterocycles. The molecule has 0 saturated carbocycles. The fraction of sp³-hybridized carbons (Fsp3) is 0.500. The molecule has 196 valence electrons. The minimum atomic E-state index is -0.291. The molecule has 2 aromatic carbocycles. The molecule has 1 aliphatic heterocycles. The van der Waals surface area contributed by atoms with Gasteiger partial charge in [0.05, 0.1) is 18.8 Å². The van der Waals surface area contributed by atoms with Gasteiger partial charge in [-0.25, -0.2) is 0 Å².